The van der Waals surface area contributed by atoms with E-state index in [1.165, 1.54) is 4.70 Å². The first-order valence-corrected chi connectivity index (χ1v) is 18.4. The van der Waals surface area contributed by atoms with E-state index in [0.29, 0.717) is 13.3 Å². The fourth-order valence-electron chi connectivity index (χ4n) is 1.51. The van der Waals surface area contributed by atoms with Gasteiger partial charge in [-0.3, -0.25) is 4.98 Å². The zero-order valence-electron chi connectivity index (χ0n) is 9.11. The second-order valence-corrected chi connectivity index (χ2v) is 20.6. The molecule has 0 aliphatic rings. The average molecular weight is 591 g/mol. The molecule has 0 bridgehead atoms. The number of hydrogen-bond acceptors (Lipinski definition) is 2. The Bertz CT molecular complexity index is 577. The zero-order valence-corrected chi connectivity index (χ0v) is 16.4. The number of benzene rings is 2. The fraction of sp³-hybridized carbons (Fsp3) is 0. The van der Waals surface area contributed by atoms with Crippen molar-refractivity contribution in [2.45, 2.75) is 0 Å². The van der Waals surface area contributed by atoms with Gasteiger partial charge in [0, 0.05) is 9.71 Å². The van der Waals surface area contributed by atoms with Gasteiger partial charge in [0.05, 0.1) is 5.52 Å². The molecule has 0 aliphatic heterocycles. The number of rotatable bonds is 1. The molecular formula is C13H8I3NS-2. The van der Waals surface area contributed by atoms with Gasteiger partial charge in [0.15, 0.2) is 0 Å². The second-order valence-electron chi connectivity index (χ2n) is 3.32. The molecule has 5 heteroatoms. The van der Waals surface area contributed by atoms with Crippen LogP contribution in [0, 0.1) is 6.07 Å². The van der Waals surface area contributed by atoms with Gasteiger partial charge in [0.1, 0.15) is 0 Å². The number of para-hydroxylation sites is 1. The molecule has 2 aromatic carbocycles. The van der Waals surface area contributed by atoms with Crippen molar-refractivity contribution in [1.29, 1.82) is 0 Å². The maximum absolute atomic E-state index is 4.57. The van der Waals surface area contributed by atoms with Crippen LogP contribution in [0.15, 0.2) is 48.5 Å². The van der Waals surface area contributed by atoms with E-state index in [2.05, 4.69) is 54.3 Å². The average Bonchev–Trinajstić information content (AvgIpc) is 2.84. The molecule has 0 saturated heterocycles. The Morgan fingerprint density at radius 3 is 2.44 bits per heavy atom. The molecule has 0 atom stereocenters. The predicted octanol–water partition coefficient (Wildman–Crippen LogP) is 2.54. The summed E-state index contributed by atoms with van der Waals surface area (Å²) in [5.74, 6) is 0. The van der Waals surface area contributed by atoms with Gasteiger partial charge in [0.2, 0.25) is 0 Å². The van der Waals surface area contributed by atoms with Gasteiger partial charge in [-0.2, -0.15) is 11.3 Å². The molecule has 94 valence electrons. The molecule has 0 spiro atoms. The molecule has 0 radical (unpaired) electrons. The van der Waals surface area contributed by atoms with Crippen LogP contribution >= 0.6 is 48.6 Å². The molecule has 1 heterocycles. The number of nitrogens with zero attached hydrogens (tertiary/aromatic N) is 1. The SMILES string of the molecule is I[I-]I.[c-]1ccccc1-c1nc2ccccc2s1. The summed E-state index contributed by atoms with van der Waals surface area (Å²) in [6.07, 6.45) is 0. The van der Waals surface area contributed by atoms with Crippen molar-refractivity contribution in [1.82, 2.24) is 4.98 Å². The molecule has 0 unspecified atom stereocenters. The van der Waals surface area contributed by atoms with Crippen LogP contribution in [0.3, 0.4) is 0 Å². The summed E-state index contributed by atoms with van der Waals surface area (Å²) in [6.45, 7) is 0. The Morgan fingerprint density at radius 1 is 1.06 bits per heavy atom. The Kier molecular flexibility index (Phi) is 6.59. The largest absolute Gasteiger partial charge is 0.285 e. The molecule has 0 N–H and O–H groups in total. The van der Waals surface area contributed by atoms with Crippen LogP contribution in [0.25, 0.3) is 20.8 Å². The molecule has 1 nitrogen and oxygen atoms in total. The third-order valence-corrected chi connectivity index (χ3v) is 3.30. The van der Waals surface area contributed by atoms with Crippen molar-refractivity contribution in [3.63, 3.8) is 0 Å². The fourth-order valence-corrected chi connectivity index (χ4v) is 2.47. The molecule has 18 heavy (non-hydrogen) atoms. The van der Waals surface area contributed by atoms with Gasteiger partial charge >= 0.3 is 50.5 Å². The minimum atomic E-state index is 0.530. The van der Waals surface area contributed by atoms with E-state index in [1.807, 2.05) is 42.5 Å². The van der Waals surface area contributed by atoms with E-state index >= 15 is 0 Å². The van der Waals surface area contributed by atoms with Gasteiger partial charge < -0.3 is 0 Å². The topological polar surface area (TPSA) is 12.9 Å². The summed E-state index contributed by atoms with van der Waals surface area (Å²) in [6, 6.07) is 19.3. The Balaban J connectivity index is 0.000000367. The Hall–Kier alpha value is 0.520. The van der Waals surface area contributed by atoms with Crippen molar-refractivity contribution in [2.75, 3.05) is 0 Å². The van der Waals surface area contributed by atoms with Crippen LogP contribution in [0.2, 0.25) is 0 Å². The van der Waals surface area contributed by atoms with Crippen LogP contribution in [-0.4, -0.2) is 4.98 Å². The van der Waals surface area contributed by atoms with Crippen LogP contribution < -0.4 is 13.3 Å². The maximum atomic E-state index is 4.57. The number of aromatic nitrogens is 1. The summed E-state index contributed by atoms with van der Waals surface area (Å²) in [4.78, 5) is 4.57. The minimum absolute atomic E-state index is 0.530. The Labute approximate surface area is 140 Å². The molecule has 1 aromatic heterocycles. The van der Waals surface area contributed by atoms with E-state index < -0.39 is 0 Å². The summed E-state index contributed by atoms with van der Waals surface area (Å²) >= 11 is 7.01. The van der Waals surface area contributed by atoms with E-state index in [1.54, 1.807) is 11.3 Å². The second kappa shape index (κ2) is 7.95. The van der Waals surface area contributed by atoms with E-state index in [-0.39, 0.29) is 0 Å². The van der Waals surface area contributed by atoms with Gasteiger partial charge in [-0.25, -0.2) is 0 Å². The van der Waals surface area contributed by atoms with Crippen molar-refractivity contribution < 1.29 is 13.3 Å². The molecule has 3 rings (SSSR count). The maximum Gasteiger partial charge on any atom is 0.0697 e. The van der Waals surface area contributed by atoms with Crippen LogP contribution in [0.4, 0.5) is 0 Å². The normalized spacial score (nSPS) is 10.1. The molecule has 0 saturated carbocycles. The first-order valence-electron chi connectivity index (χ1n) is 5.05. The van der Waals surface area contributed by atoms with E-state index in [4.69, 9.17) is 0 Å². The van der Waals surface area contributed by atoms with Gasteiger partial charge in [-0.1, -0.05) is 12.1 Å². The van der Waals surface area contributed by atoms with Crippen molar-refractivity contribution >= 4 is 58.8 Å². The minimum Gasteiger partial charge on any atom is -0.285 e. The standard InChI is InChI=1S/C13H8NS.I3/c1-2-6-10(7-3-1)13-14-11-8-4-5-9-12(11)15-13;1-3-2/h1-6,8-9H;/q2*-1. The van der Waals surface area contributed by atoms with Crippen molar-refractivity contribution in [2.24, 2.45) is 0 Å². The quantitative estimate of drug-likeness (QED) is 0.314. The number of fused-ring (bicyclic) bond motifs is 1. The summed E-state index contributed by atoms with van der Waals surface area (Å²) in [5, 5.41) is 1.04. The van der Waals surface area contributed by atoms with E-state index in [9.17, 15) is 0 Å². The third-order valence-electron chi connectivity index (χ3n) is 2.23. The van der Waals surface area contributed by atoms with Gasteiger partial charge in [-0.15, -0.1) is 35.9 Å². The van der Waals surface area contributed by atoms with Crippen molar-refractivity contribution in [3.05, 3.63) is 54.6 Å². The number of halogens is 3. The molecule has 0 aliphatic carbocycles. The number of thiazole rings is 1. The van der Waals surface area contributed by atoms with Crippen molar-refractivity contribution in [3.8, 4) is 10.6 Å². The molecule has 0 amide bonds. The smallest absolute Gasteiger partial charge is 0.0697 e. The van der Waals surface area contributed by atoms with Crippen LogP contribution in [-0.2, 0) is 0 Å². The zero-order chi connectivity index (χ0) is 12.8. The predicted molar refractivity (Wildman–Crippen MR) is 91.9 cm³/mol. The summed E-state index contributed by atoms with van der Waals surface area (Å²) < 4.78 is 1.23. The van der Waals surface area contributed by atoms with Gasteiger partial charge in [0.25, 0.3) is 0 Å². The van der Waals surface area contributed by atoms with Gasteiger partial charge in [-0.05, 0) is 12.1 Å². The molecular weight excluding hydrogens is 583 g/mol. The summed E-state index contributed by atoms with van der Waals surface area (Å²) in [7, 11) is 0. The first-order chi connectivity index (χ1) is 8.85. The van der Waals surface area contributed by atoms with Crippen LogP contribution in [0.1, 0.15) is 0 Å². The molecule has 0 fully saturated rings. The third kappa shape index (κ3) is 4.01. The summed E-state index contributed by atoms with van der Waals surface area (Å²) in [5.41, 5.74) is 2.13. The first kappa shape index (κ1) is 14.9. The van der Waals surface area contributed by atoms with E-state index in [0.717, 1.165) is 16.1 Å². The van der Waals surface area contributed by atoms with Crippen LogP contribution in [0.5, 0.6) is 0 Å². The Morgan fingerprint density at radius 2 is 1.78 bits per heavy atom. The number of hydrogen-bond donors (Lipinski definition) is 0. The monoisotopic (exact) mass is 591 g/mol. The molecule has 3 aromatic rings.